The van der Waals surface area contributed by atoms with Gasteiger partial charge in [-0.05, 0) is 44.0 Å². The molecule has 150 valence electrons. The molecule has 4 aromatic rings. The second-order valence-corrected chi connectivity index (χ2v) is 8.71. The molecule has 0 aliphatic heterocycles. The highest BCUT2D eigenvalue weighted by Crippen LogP contribution is 2.25. The van der Waals surface area contributed by atoms with Crippen LogP contribution < -0.4 is 4.72 Å². The number of hydrogen-bond acceptors (Lipinski definition) is 4. The third-order valence-corrected chi connectivity index (χ3v) is 6.66. The Bertz CT molecular complexity index is 1250. The van der Waals surface area contributed by atoms with Gasteiger partial charge in [-0.25, -0.2) is 13.4 Å². The zero-order valence-corrected chi connectivity index (χ0v) is 17.4. The molecule has 29 heavy (non-hydrogen) atoms. The summed E-state index contributed by atoms with van der Waals surface area (Å²) in [5, 5.41) is 4.22. The third kappa shape index (κ3) is 3.75. The largest absolute Gasteiger partial charge is 0.342 e. The number of para-hydroxylation sites is 3. The van der Waals surface area contributed by atoms with E-state index in [1.165, 1.54) is 0 Å². The molecule has 0 amide bonds. The molecule has 4 rings (SSSR count). The molecule has 0 aliphatic rings. The van der Waals surface area contributed by atoms with Crippen LogP contribution in [0.2, 0.25) is 0 Å². The Hall–Kier alpha value is -3.13. The SMILES string of the molecule is Cc1nn(C)c(C)c1S(=O)(=O)Nc1ccccc1CCc1nc2ccccc2[nH]1. The summed E-state index contributed by atoms with van der Waals surface area (Å²) in [4.78, 5) is 8.15. The summed E-state index contributed by atoms with van der Waals surface area (Å²) in [5.41, 5.74) is 4.51. The Morgan fingerprint density at radius 1 is 1.03 bits per heavy atom. The van der Waals surface area contributed by atoms with E-state index in [4.69, 9.17) is 0 Å². The van der Waals surface area contributed by atoms with Crippen LogP contribution in [-0.2, 0) is 29.9 Å². The van der Waals surface area contributed by atoms with Gasteiger partial charge < -0.3 is 4.98 Å². The topological polar surface area (TPSA) is 92.7 Å². The number of H-pyrrole nitrogens is 1. The summed E-state index contributed by atoms with van der Waals surface area (Å²) in [6, 6.07) is 15.3. The van der Waals surface area contributed by atoms with Gasteiger partial charge in [-0.3, -0.25) is 9.40 Å². The molecule has 0 aliphatic carbocycles. The van der Waals surface area contributed by atoms with Crippen molar-refractivity contribution in [2.24, 2.45) is 7.05 Å². The molecule has 0 bridgehead atoms. The number of anilines is 1. The molecule has 2 heterocycles. The number of aryl methyl sites for hydroxylation is 4. The van der Waals surface area contributed by atoms with Crippen molar-refractivity contribution in [3.8, 4) is 0 Å². The Labute approximate surface area is 169 Å². The highest BCUT2D eigenvalue weighted by atomic mass is 32.2. The van der Waals surface area contributed by atoms with Crippen molar-refractivity contribution in [2.45, 2.75) is 31.6 Å². The number of rotatable bonds is 6. The number of aromatic nitrogens is 4. The van der Waals surface area contributed by atoms with Crippen LogP contribution in [0.4, 0.5) is 5.69 Å². The summed E-state index contributed by atoms with van der Waals surface area (Å²) < 4.78 is 30.4. The van der Waals surface area contributed by atoms with Crippen LogP contribution in [-0.4, -0.2) is 28.2 Å². The number of benzene rings is 2. The Kier molecular flexibility index (Phi) is 4.87. The molecule has 0 saturated heterocycles. The van der Waals surface area contributed by atoms with Gasteiger partial charge in [0.15, 0.2) is 0 Å². The van der Waals surface area contributed by atoms with Gasteiger partial charge >= 0.3 is 0 Å². The molecular formula is C21H23N5O2S. The predicted octanol–water partition coefficient (Wildman–Crippen LogP) is 3.50. The summed E-state index contributed by atoms with van der Waals surface area (Å²) in [6.45, 7) is 3.46. The van der Waals surface area contributed by atoms with E-state index in [-0.39, 0.29) is 4.90 Å². The fourth-order valence-corrected chi connectivity index (χ4v) is 5.10. The molecule has 8 heteroatoms. The van der Waals surface area contributed by atoms with Crippen LogP contribution >= 0.6 is 0 Å². The first-order valence-electron chi connectivity index (χ1n) is 9.40. The first kappa shape index (κ1) is 19.2. The van der Waals surface area contributed by atoms with Crippen molar-refractivity contribution in [3.63, 3.8) is 0 Å². The lowest BCUT2D eigenvalue weighted by molar-refractivity contribution is 0.599. The van der Waals surface area contributed by atoms with Crippen molar-refractivity contribution in [1.82, 2.24) is 19.7 Å². The van der Waals surface area contributed by atoms with Crippen molar-refractivity contribution in [2.75, 3.05) is 4.72 Å². The van der Waals surface area contributed by atoms with Gasteiger partial charge in [-0.2, -0.15) is 5.10 Å². The van der Waals surface area contributed by atoms with E-state index in [1.54, 1.807) is 31.6 Å². The molecule has 0 atom stereocenters. The second-order valence-electron chi connectivity index (χ2n) is 7.09. The Morgan fingerprint density at radius 3 is 2.48 bits per heavy atom. The van der Waals surface area contributed by atoms with Crippen LogP contribution in [0.25, 0.3) is 11.0 Å². The summed E-state index contributed by atoms with van der Waals surface area (Å²) >= 11 is 0. The number of aromatic amines is 1. The molecule has 7 nitrogen and oxygen atoms in total. The molecule has 0 spiro atoms. The minimum Gasteiger partial charge on any atom is -0.342 e. The normalized spacial score (nSPS) is 11.8. The average Bonchev–Trinajstić information content (AvgIpc) is 3.20. The summed E-state index contributed by atoms with van der Waals surface area (Å²) in [7, 11) is -2.00. The summed E-state index contributed by atoms with van der Waals surface area (Å²) in [5.74, 6) is 0.878. The number of hydrogen-bond donors (Lipinski definition) is 2. The molecule has 2 aromatic heterocycles. The maximum atomic E-state index is 13.0. The standard InChI is InChI=1S/C21H23N5O2S/c1-14-21(15(2)26(3)24-14)29(27,28)25-17-9-5-4-8-16(17)12-13-20-22-18-10-6-7-11-19(18)23-20/h4-11,25H,12-13H2,1-3H3,(H,22,23). The molecular weight excluding hydrogens is 386 g/mol. The van der Waals surface area contributed by atoms with Crippen LogP contribution in [0.5, 0.6) is 0 Å². The molecule has 2 aromatic carbocycles. The molecule has 2 N–H and O–H groups in total. The van der Waals surface area contributed by atoms with E-state index in [1.807, 2.05) is 42.5 Å². The van der Waals surface area contributed by atoms with Crippen LogP contribution in [0.15, 0.2) is 53.4 Å². The Morgan fingerprint density at radius 2 is 1.76 bits per heavy atom. The van der Waals surface area contributed by atoms with E-state index in [9.17, 15) is 8.42 Å². The maximum absolute atomic E-state index is 13.0. The van der Waals surface area contributed by atoms with Gasteiger partial charge in [0, 0.05) is 13.5 Å². The van der Waals surface area contributed by atoms with E-state index in [0.717, 1.165) is 22.4 Å². The molecule has 0 unspecified atom stereocenters. The van der Waals surface area contributed by atoms with Gasteiger partial charge in [0.05, 0.1) is 28.1 Å². The number of fused-ring (bicyclic) bond motifs is 1. The lowest BCUT2D eigenvalue weighted by atomic mass is 10.1. The first-order chi connectivity index (χ1) is 13.8. The highest BCUT2D eigenvalue weighted by molar-refractivity contribution is 7.92. The maximum Gasteiger partial charge on any atom is 0.265 e. The van der Waals surface area contributed by atoms with E-state index in [0.29, 0.717) is 29.9 Å². The minimum absolute atomic E-state index is 0.229. The van der Waals surface area contributed by atoms with Crippen LogP contribution in [0, 0.1) is 13.8 Å². The number of nitrogens with one attached hydrogen (secondary N) is 2. The second kappa shape index (κ2) is 7.36. The monoisotopic (exact) mass is 409 g/mol. The highest BCUT2D eigenvalue weighted by Gasteiger charge is 2.24. The van der Waals surface area contributed by atoms with Gasteiger partial charge in [-0.1, -0.05) is 30.3 Å². The minimum atomic E-state index is -3.74. The lowest BCUT2D eigenvalue weighted by Crippen LogP contribution is -2.16. The number of sulfonamides is 1. The summed E-state index contributed by atoms with van der Waals surface area (Å²) in [6.07, 6.45) is 1.34. The van der Waals surface area contributed by atoms with Crippen LogP contribution in [0.3, 0.4) is 0 Å². The zero-order valence-electron chi connectivity index (χ0n) is 16.6. The number of imidazole rings is 1. The quantitative estimate of drug-likeness (QED) is 0.510. The van der Waals surface area contributed by atoms with E-state index in [2.05, 4.69) is 19.8 Å². The molecule has 0 fully saturated rings. The third-order valence-electron chi connectivity index (χ3n) is 5.04. The molecule has 0 saturated carbocycles. The smallest absolute Gasteiger partial charge is 0.265 e. The predicted molar refractivity (Wildman–Crippen MR) is 113 cm³/mol. The fraction of sp³-hybridized carbons (Fsp3) is 0.238. The average molecular weight is 410 g/mol. The van der Waals surface area contributed by atoms with Gasteiger partial charge in [0.2, 0.25) is 0 Å². The van der Waals surface area contributed by atoms with E-state index >= 15 is 0 Å². The fourth-order valence-electron chi connectivity index (χ4n) is 3.55. The first-order valence-corrected chi connectivity index (χ1v) is 10.9. The van der Waals surface area contributed by atoms with Gasteiger partial charge in [0.25, 0.3) is 10.0 Å². The van der Waals surface area contributed by atoms with Gasteiger partial charge in [0.1, 0.15) is 10.7 Å². The van der Waals surface area contributed by atoms with Crippen molar-refractivity contribution >= 4 is 26.7 Å². The van der Waals surface area contributed by atoms with Crippen LogP contribution in [0.1, 0.15) is 22.8 Å². The van der Waals surface area contributed by atoms with Gasteiger partial charge in [-0.15, -0.1) is 0 Å². The zero-order chi connectivity index (χ0) is 20.6. The van der Waals surface area contributed by atoms with Crippen molar-refractivity contribution < 1.29 is 8.42 Å². The lowest BCUT2D eigenvalue weighted by Gasteiger charge is -2.12. The van der Waals surface area contributed by atoms with Crippen molar-refractivity contribution in [1.29, 1.82) is 0 Å². The van der Waals surface area contributed by atoms with E-state index < -0.39 is 10.0 Å². The number of nitrogens with zero attached hydrogens (tertiary/aromatic N) is 3. The molecule has 0 radical (unpaired) electrons. The van der Waals surface area contributed by atoms with Crippen molar-refractivity contribution in [3.05, 3.63) is 71.3 Å². The Balaban J connectivity index is 1.58.